The van der Waals surface area contributed by atoms with Crippen LogP contribution in [0.25, 0.3) is 0 Å². The predicted molar refractivity (Wildman–Crippen MR) is 80.2 cm³/mol. The monoisotopic (exact) mass is 298 g/mol. The van der Waals surface area contributed by atoms with Gasteiger partial charge in [-0.05, 0) is 31.5 Å². The number of nitrogens with one attached hydrogen (secondary N) is 1. The molecule has 0 radical (unpaired) electrons. The lowest BCUT2D eigenvalue weighted by molar-refractivity contribution is -0.384. The fraction of sp³-hybridized carbons (Fsp3) is 0.429. The third kappa shape index (κ3) is 5.19. The van der Waals surface area contributed by atoms with Crippen molar-refractivity contribution in [3.63, 3.8) is 0 Å². The first kappa shape index (κ1) is 16.5. The van der Waals surface area contributed by atoms with E-state index in [4.69, 9.17) is 16.3 Å². The first-order valence-corrected chi connectivity index (χ1v) is 6.88. The maximum Gasteiger partial charge on any atom is 0.270 e. The molecule has 5 nitrogen and oxygen atoms in total. The summed E-state index contributed by atoms with van der Waals surface area (Å²) in [6.45, 7) is 5.67. The Bertz CT molecular complexity index is 489. The zero-order chi connectivity index (χ0) is 15.0. The van der Waals surface area contributed by atoms with E-state index in [1.54, 1.807) is 6.07 Å². The number of rotatable bonds is 8. The van der Waals surface area contributed by atoms with Crippen LogP contribution in [0, 0.1) is 10.1 Å². The Morgan fingerprint density at radius 2 is 2.30 bits per heavy atom. The minimum Gasteiger partial charge on any atom is -0.489 e. The summed E-state index contributed by atoms with van der Waals surface area (Å²) in [7, 11) is 0. The van der Waals surface area contributed by atoms with Crippen LogP contribution in [-0.4, -0.2) is 18.1 Å². The van der Waals surface area contributed by atoms with Gasteiger partial charge in [0.1, 0.15) is 12.4 Å². The molecular weight excluding hydrogens is 280 g/mol. The summed E-state index contributed by atoms with van der Waals surface area (Å²) in [5.74, 6) is 0.636. The van der Waals surface area contributed by atoms with E-state index in [0.717, 1.165) is 24.1 Å². The van der Waals surface area contributed by atoms with Crippen LogP contribution in [0.4, 0.5) is 5.69 Å². The number of nitrogens with zero attached hydrogens (tertiary/aromatic N) is 1. The molecule has 20 heavy (non-hydrogen) atoms. The molecule has 0 atom stereocenters. The average Bonchev–Trinajstić information content (AvgIpc) is 2.45. The molecular formula is C14H19ClN2O3. The van der Waals surface area contributed by atoms with Gasteiger partial charge in [0, 0.05) is 29.8 Å². The fourth-order valence-corrected chi connectivity index (χ4v) is 1.64. The van der Waals surface area contributed by atoms with Gasteiger partial charge in [0.05, 0.1) is 4.92 Å². The lowest BCUT2D eigenvalue weighted by Crippen LogP contribution is -2.15. The Labute approximate surface area is 123 Å². The Morgan fingerprint density at radius 1 is 1.55 bits per heavy atom. The van der Waals surface area contributed by atoms with Crippen molar-refractivity contribution in [1.29, 1.82) is 0 Å². The van der Waals surface area contributed by atoms with Gasteiger partial charge >= 0.3 is 0 Å². The van der Waals surface area contributed by atoms with Crippen LogP contribution in [0.15, 0.2) is 29.3 Å². The normalized spacial score (nSPS) is 11.4. The molecule has 1 rings (SSSR count). The van der Waals surface area contributed by atoms with Gasteiger partial charge in [0.15, 0.2) is 0 Å². The number of nitro benzene ring substituents is 1. The van der Waals surface area contributed by atoms with Gasteiger partial charge in [0.2, 0.25) is 0 Å². The lowest BCUT2D eigenvalue weighted by atomic mass is 10.1. The molecule has 0 amide bonds. The molecule has 0 saturated heterocycles. The van der Waals surface area contributed by atoms with Crippen LogP contribution in [0.2, 0.25) is 0 Å². The third-order valence-corrected chi connectivity index (χ3v) is 3.01. The smallest absolute Gasteiger partial charge is 0.270 e. The molecule has 0 aliphatic heterocycles. The third-order valence-electron chi connectivity index (χ3n) is 2.64. The number of nitro groups is 1. The van der Waals surface area contributed by atoms with E-state index in [2.05, 4.69) is 12.2 Å². The first-order chi connectivity index (χ1) is 9.58. The molecule has 0 heterocycles. The van der Waals surface area contributed by atoms with E-state index in [1.165, 1.54) is 17.7 Å². The Kier molecular flexibility index (Phi) is 7.04. The van der Waals surface area contributed by atoms with E-state index in [0.29, 0.717) is 18.9 Å². The van der Waals surface area contributed by atoms with Crippen LogP contribution in [0.5, 0.6) is 5.75 Å². The van der Waals surface area contributed by atoms with Gasteiger partial charge in [-0.15, -0.1) is 0 Å². The standard InChI is InChI=1S/C14H19ClN2O3/c1-3-6-16-9-12-7-13(17(18)19)4-5-14(12)20-10-11(2)8-15/h4-5,7-8,16H,3,6,9-10H2,1-2H3/b11-8+. The number of ether oxygens (including phenoxy) is 1. The van der Waals surface area contributed by atoms with Crippen LogP contribution in [0.3, 0.4) is 0 Å². The minimum absolute atomic E-state index is 0.0651. The topological polar surface area (TPSA) is 64.4 Å². The quantitative estimate of drug-likeness (QED) is 0.452. The van der Waals surface area contributed by atoms with Crippen LogP contribution in [-0.2, 0) is 6.54 Å². The van der Waals surface area contributed by atoms with Gasteiger partial charge in [-0.3, -0.25) is 10.1 Å². The van der Waals surface area contributed by atoms with Crippen molar-refractivity contribution >= 4 is 17.3 Å². The molecule has 0 unspecified atom stereocenters. The highest BCUT2D eigenvalue weighted by molar-refractivity contribution is 6.25. The molecule has 0 bridgehead atoms. The van der Waals surface area contributed by atoms with Crippen molar-refractivity contribution in [3.8, 4) is 5.75 Å². The predicted octanol–water partition coefficient (Wildman–Crippen LogP) is 3.62. The lowest BCUT2D eigenvalue weighted by Gasteiger charge is -2.12. The maximum atomic E-state index is 10.8. The van der Waals surface area contributed by atoms with Gasteiger partial charge in [-0.1, -0.05) is 18.5 Å². The number of benzene rings is 1. The molecule has 0 aromatic heterocycles. The van der Waals surface area contributed by atoms with Gasteiger partial charge in [-0.25, -0.2) is 0 Å². The molecule has 1 aromatic carbocycles. The maximum absolute atomic E-state index is 10.8. The van der Waals surface area contributed by atoms with Gasteiger partial charge < -0.3 is 10.1 Å². The van der Waals surface area contributed by atoms with Crippen molar-refractivity contribution in [1.82, 2.24) is 5.32 Å². The SMILES string of the molecule is CCCNCc1cc([N+](=O)[O-])ccc1OC/C(C)=C/Cl. The highest BCUT2D eigenvalue weighted by atomic mass is 35.5. The summed E-state index contributed by atoms with van der Waals surface area (Å²) in [6, 6.07) is 4.61. The second-order valence-electron chi connectivity index (χ2n) is 4.47. The van der Waals surface area contributed by atoms with Crippen LogP contribution < -0.4 is 10.1 Å². The second-order valence-corrected chi connectivity index (χ2v) is 4.69. The Balaban J connectivity index is 2.87. The molecule has 0 aliphatic carbocycles. The number of hydrogen-bond donors (Lipinski definition) is 1. The van der Waals surface area contributed by atoms with Crippen molar-refractivity contribution in [3.05, 3.63) is 45.0 Å². The average molecular weight is 299 g/mol. The van der Waals surface area contributed by atoms with Crippen molar-refractivity contribution in [2.45, 2.75) is 26.8 Å². The van der Waals surface area contributed by atoms with E-state index in [1.807, 2.05) is 6.92 Å². The van der Waals surface area contributed by atoms with Crippen LogP contribution in [0.1, 0.15) is 25.8 Å². The molecule has 110 valence electrons. The summed E-state index contributed by atoms with van der Waals surface area (Å²) in [5, 5.41) is 14.0. The van der Waals surface area contributed by atoms with E-state index in [-0.39, 0.29) is 5.69 Å². The molecule has 1 aromatic rings. The summed E-state index contributed by atoms with van der Waals surface area (Å²) in [4.78, 5) is 10.4. The summed E-state index contributed by atoms with van der Waals surface area (Å²) < 4.78 is 5.64. The Morgan fingerprint density at radius 3 is 2.90 bits per heavy atom. The number of halogens is 1. The highest BCUT2D eigenvalue weighted by Crippen LogP contribution is 2.24. The van der Waals surface area contributed by atoms with Gasteiger partial charge in [0.25, 0.3) is 5.69 Å². The first-order valence-electron chi connectivity index (χ1n) is 6.45. The number of hydrogen-bond acceptors (Lipinski definition) is 4. The minimum atomic E-state index is -0.406. The van der Waals surface area contributed by atoms with Crippen molar-refractivity contribution in [2.75, 3.05) is 13.2 Å². The zero-order valence-corrected chi connectivity index (χ0v) is 12.4. The molecule has 0 aliphatic rings. The molecule has 0 fully saturated rings. The second kappa shape index (κ2) is 8.55. The van der Waals surface area contributed by atoms with Gasteiger partial charge in [-0.2, -0.15) is 0 Å². The number of non-ortho nitro benzene ring substituents is 1. The fourth-order valence-electron chi connectivity index (χ4n) is 1.58. The largest absolute Gasteiger partial charge is 0.489 e. The zero-order valence-electron chi connectivity index (χ0n) is 11.7. The highest BCUT2D eigenvalue weighted by Gasteiger charge is 2.11. The van der Waals surface area contributed by atoms with Crippen LogP contribution >= 0.6 is 11.6 Å². The molecule has 1 N–H and O–H groups in total. The molecule has 0 spiro atoms. The van der Waals surface area contributed by atoms with E-state index < -0.39 is 4.92 Å². The van der Waals surface area contributed by atoms with Crippen molar-refractivity contribution in [2.24, 2.45) is 0 Å². The Hall–Kier alpha value is -1.59. The van der Waals surface area contributed by atoms with E-state index in [9.17, 15) is 10.1 Å². The van der Waals surface area contributed by atoms with E-state index >= 15 is 0 Å². The summed E-state index contributed by atoms with van der Waals surface area (Å²) in [6.07, 6.45) is 0.999. The molecule has 6 heteroatoms. The summed E-state index contributed by atoms with van der Waals surface area (Å²) >= 11 is 5.58. The molecule has 0 saturated carbocycles. The van der Waals surface area contributed by atoms with Crippen molar-refractivity contribution < 1.29 is 9.66 Å². The summed E-state index contributed by atoms with van der Waals surface area (Å²) in [5.41, 5.74) is 3.18.